The van der Waals surface area contributed by atoms with Crippen LogP contribution in [0.4, 0.5) is 15.8 Å². The van der Waals surface area contributed by atoms with Crippen LogP contribution in [0.25, 0.3) is 0 Å². The number of Topliss-reactive ketones (excluding diaryl/α,β-unsaturated/α-hetero) is 3. The summed E-state index contributed by atoms with van der Waals surface area (Å²) in [6.45, 7) is 4.61. The van der Waals surface area contributed by atoms with E-state index in [0.717, 1.165) is 31.1 Å². The molecule has 22 heteroatoms. The number of rotatable bonds is 9. The van der Waals surface area contributed by atoms with Crippen molar-refractivity contribution < 1.29 is 61.0 Å². The summed E-state index contributed by atoms with van der Waals surface area (Å²) in [6, 6.07) is 6.40. The molecule has 0 atom stereocenters. The number of carbonyl (C=O) groups excluding carboxylic acids is 4. The van der Waals surface area contributed by atoms with Gasteiger partial charge in [-0.05, 0) is 36.1 Å². The fourth-order valence-electron chi connectivity index (χ4n) is 5.83. The van der Waals surface area contributed by atoms with Gasteiger partial charge in [0.2, 0.25) is 4.80 Å². The van der Waals surface area contributed by atoms with Crippen molar-refractivity contribution in [1.29, 1.82) is 0 Å². The number of benzene rings is 2. The second-order valence-electron chi connectivity index (χ2n) is 13.8. The van der Waals surface area contributed by atoms with Crippen LogP contribution < -0.4 is 19.8 Å². The molecule has 6 rings (SSSR count). The SMILES string of the molecule is C#CCN1C(=O)COc2cc(F)c(N=c3snc4n3CC(C)(C)C4)cc21.CS(=O)(=O)c1ccc(C(=O)C2C(=O)CCCC2=O)c(Cl)c1.O=C(O)CNCP(=O)(O)O. The zero-order valence-electron chi connectivity index (χ0n) is 30.7. The molecule has 3 aliphatic rings. The molecule has 1 aliphatic carbocycles. The summed E-state index contributed by atoms with van der Waals surface area (Å²) in [5, 5.41) is 9.98. The van der Waals surface area contributed by atoms with Gasteiger partial charge in [-0.1, -0.05) is 31.4 Å². The lowest BCUT2D eigenvalue weighted by Crippen LogP contribution is -2.39. The van der Waals surface area contributed by atoms with Gasteiger partial charge in [0, 0.05) is 55.2 Å². The van der Waals surface area contributed by atoms with Crippen molar-refractivity contribution in [3.05, 3.63) is 57.4 Å². The molecule has 2 aromatic carbocycles. The third kappa shape index (κ3) is 12.0. The number of carboxylic acid groups (broad SMARTS) is 1. The maximum Gasteiger partial charge on any atom is 0.339 e. The Balaban J connectivity index is 0.000000209. The average Bonchev–Trinajstić information content (AvgIpc) is 3.60. The Morgan fingerprint density at radius 1 is 1.19 bits per heavy atom. The number of aliphatic carboxylic acids is 1. The van der Waals surface area contributed by atoms with Crippen LogP contribution in [0.1, 0.15) is 49.3 Å². The first kappa shape index (κ1) is 45.1. The van der Waals surface area contributed by atoms with Crippen LogP contribution in [0.15, 0.2) is 40.2 Å². The Morgan fingerprint density at radius 3 is 2.44 bits per heavy atom. The summed E-state index contributed by atoms with van der Waals surface area (Å²) in [5.41, 5.74) is 0.676. The van der Waals surface area contributed by atoms with Crippen molar-refractivity contribution in [3.63, 3.8) is 0 Å². The van der Waals surface area contributed by atoms with Crippen LogP contribution in [-0.4, -0.2) is 93.7 Å². The van der Waals surface area contributed by atoms with Crippen molar-refractivity contribution in [2.75, 3.05) is 37.1 Å². The third-order valence-electron chi connectivity index (χ3n) is 8.42. The summed E-state index contributed by atoms with van der Waals surface area (Å²) in [4.78, 5) is 80.6. The molecule has 0 radical (unpaired) electrons. The smallest absolute Gasteiger partial charge is 0.339 e. The van der Waals surface area contributed by atoms with Gasteiger partial charge in [0.25, 0.3) is 5.91 Å². The molecule has 17 nitrogen and oxygen atoms in total. The number of ketones is 3. The molecular formula is C35H38ClFN5O12PS2. The van der Waals surface area contributed by atoms with E-state index in [1.165, 1.54) is 40.7 Å². The van der Waals surface area contributed by atoms with Gasteiger partial charge < -0.3 is 24.2 Å². The highest BCUT2D eigenvalue weighted by Crippen LogP contribution is 2.38. The number of nitrogens with one attached hydrogen (secondary N) is 1. The number of sulfone groups is 1. The van der Waals surface area contributed by atoms with Gasteiger partial charge in [0.1, 0.15) is 23.2 Å². The van der Waals surface area contributed by atoms with E-state index in [1.807, 2.05) is 4.57 Å². The molecule has 3 heterocycles. The Bertz CT molecular complexity index is 2370. The van der Waals surface area contributed by atoms with E-state index < -0.39 is 65.3 Å². The van der Waals surface area contributed by atoms with Crippen LogP contribution in [0.2, 0.25) is 5.02 Å². The van der Waals surface area contributed by atoms with Crippen molar-refractivity contribution in [2.45, 2.75) is 51.0 Å². The maximum atomic E-state index is 14.5. The molecule has 1 fully saturated rings. The van der Waals surface area contributed by atoms with Gasteiger partial charge in [-0.2, -0.15) is 4.37 Å². The lowest BCUT2D eigenvalue weighted by Gasteiger charge is -2.28. The Hall–Kier alpha value is -4.61. The zero-order valence-corrected chi connectivity index (χ0v) is 34.0. The lowest BCUT2D eigenvalue weighted by atomic mass is 9.82. The van der Waals surface area contributed by atoms with Gasteiger partial charge in [-0.3, -0.25) is 38.8 Å². The standard InChI is InChI=1S/C18H17FN4O2S.C14H13ClO5S.C3H8NO5P/c1-4-5-22-13-7-12(11(19)6-14(13)25-9-16(22)24)20-17-23-10-18(2,3)8-15(23)21-26-17;1-21(19,20)8-5-6-9(10(15)7-8)14(18)13-11(16)3-2-4-12(13)17;5-3(6)1-4-2-10(7,8)9/h1,6-7H,5,8-10H2,2-3H3;5-7,13H,2-4H2,1H3;4H,1-2H2,(H,5,6)(H2,7,8,9). The van der Waals surface area contributed by atoms with E-state index in [1.54, 1.807) is 0 Å². The fourth-order valence-corrected chi connectivity index (χ4v) is 7.98. The number of fused-ring (bicyclic) bond motifs is 2. The summed E-state index contributed by atoms with van der Waals surface area (Å²) in [6.07, 6.45) is 7.49. The van der Waals surface area contributed by atoms with Crippen LogP contribution in [0, 0.1) is 29.5 Å². The normalized spacial score (nSPS) is 16.6. The fraction of sp³-hybridized carbons (Fsp3) is 0.400. The second kappa shape index (κ2) is 18.3. The van der Waals surface area contributed by atoms with Crippen molar-refractivity contribution in [2.24, 2.45) is 16.3 Å². The summed E-state index contributed by atoms with van der Waals surface area (Å²) < 4.78 is 59.2. The monoisotopic (exact) mass is 869 g/mol. The lowest BCUT2D eigenvalue weighted by molar-refractivity contribution is -0.136. The van der Waals surface area contributed by atoms with Gasteiger partial charge in [0.05, 0.1) is 35.0 Å². The number of hydrogen-bond acceptors (Lipinski definition) is 13. The van der Waals surface area contributed by atoms with Gasteiger partial charge in [0.15, 0.2) is 39.6 Å². The number of hydrogen-bond donors (Lipinski definition) is 4. The van der Waals surface area contributed by atoms with E-state index in [2.05, 4.69) is 34.5 Å². The number of aromatic nitrogens is 2. The molecular weight excluding hydrogens is 832 g/mol. The summed E-state index contributed by atoms with van der Waals surface area (Å²) in [7, 11) is -7.54. The van der Waals surface area contributed by atoms with Gasteiger partial charge >= 0.3 is 13.6 Å². The van der Waals surface area contributed by atoms with Crippen LogP contribution in [0.3, 0.4) is 0 Å². The van der Waals surface area contributed by atoms with Gasteiger partial charge in [-0.15, -0.1) is 6.42 Å². The first-order chi connectivity index (χ1) is 26.5. The largest absolute Gasteiger partial charge is 0.481 e. The molecule has 1 aromatic heterocycles. The Kier molecular flexibility index (Phi) is 14.5. The Labute approximate surface area is 335 Å². The molecule has 4 N–H and O–H groups in total. The minimum atomic E-state index is -4.10. The predicted octanol–water partition coefficient (Wildman–Crippen LogP) is 2.92. The molecule has 3 aromatic rings. The van der Waals surface area contributed by atoms with Crippen molar-refractivity contribution >= 4 is 81.2 Å². The first-order valence-electron chi connectivity index (χ1n) is 16.9. The van der Waals surface area contributed by atoms with Gasteiger partial charge in [-0.25, -0.2) is 17.8 Å². The van der Waals surface area contributed by atoms with E-state index in [9.17, 15) is 41.3 Å². The number of nitrogens with zero attached hydrogens (tertiary/aromatic N) is 4. The van der Waals surface area contributed by atoms with E-state index in [4.69, 9.17) is 37.7 Å². The number of halogens is 2. The van der Waals surface area contributed by atoms with Crippen LogP contribution >= 0.6 is 30.7 Å². The highest BCUT2D eigenvalue weighted by atomic mass is 35.5. The van der Waals surface area contributed by atoms with E-state index in [0.29, 0.717) is 22.7 Å². The average molecular weight is 870 g/mol. The highest BCUT2D eigenvalue weighted by molar-refractivity contribution is 7.90. The minimum Gasteiger partial charge on any atom is -0.481 e. The maximum absolute atomic E-state index is 14.5. The quantitative estimate of drug-likeness (QED) is 0.105. The predicted molar refractivity (Wildman–Crippen MR) is 205 cm³/mol. The minimum absolute atomic E-state index is 0.00216. The summed E-state index contributed by atoms with van der Waals surface area (Å²) >= 11 is 7.18. The Morgan fingerprint density at radius 2 is 1.86 bits per heavy atom. The molecule has 2 aliphatic heterocycles. The van der Waals surface area contributed by atoms with E-state index in [-0.39, 0.29) is 58.5 Å². The molecule has 1 saturated carbocycles. The van der Waals surface area contributed by atoms with Crippen molar-refractivity contribution in [3.8, 4) is 18.1 Å². The first-order valence-corrected chi connectivity index (χ1v) is 21.7. The van der Waals surface area contributed by atoms with Crippen LogP contribution in [-0.2, 0) is 46.5 Å². The molecule has 0 spiro atoms. The molecule has 0 saturated heterocycles. The number of terminal acetylenes is 1. The van der Waals surface area contributed by atoms with E-state index >= 15 is 0 Å². The third-order valence-corrected chi connectivity index (χ3v) is 11.3. The van der Waals surface area contributed by atoms with Crippen LogP contribution in [0.5, 0.6) is 5.75 Å². The van der Waals surface area contributed by atoms with Crippen molar-refractivity contribution in [1.82, 2.24) is 14.3 Å². The zero-order chi connectivity index (χ0) is 42.5. The number of carbonyl (C=O) groups is 5. The number of anilines is 1. The number of ether oxygens (including phenoxy) is 1. The molecule has 1 amide bonds. The summed E-state index contributed by atoms with van der Waals surface area (Å²) in [5.74, 6) is -0.992. The molecule has 0 bridgehead atoms. The molecule has 306 valence electrons. The number of carboxylic acids is 1. The topological polar surface area (TPSA) is 252 Å². The highest BCUT2D eigenvalue weighted by Gasteiger charge is 2.37. The molecule has 57 heavy (non-hydrogen) atoms. The molecule has 0 unspecified atom stereocenters. The second-order valence-corrected chi connectivity index (χ2v) is 18.6. The number of amides is 1.